The van der Waals surface area contributed by atoms with Gasteiger partial charge in [-0.25, -0.2) is 4.98 Å². The number of halogens is 3. The summed E-state index contributed by atoms with van der Waals surface area (Å²) >= 11 is 13.6. The largest absolute Gasteiger partial charge is 0.430 e. The molecule has 0 saturated heterocycles. The van der Waals surface area contributed by atoms with E-state index in [9.17, 15) is 0 Å². The molecule has 1 aromatic heterocycles. The molecular weight excluding hydrogens is 348 g/mol. The highest BCUT2D eigenvalue weighted by molar-refractivity contribution is 14.1. The Labute approximate surface area is 111 Å². The number of rotatable bonds is 2. The Hall–Kier alpha value is -0.260. The third-order valence-electron chi connectivity index (χ3n) is 1.87. The Kier molecular flexibility index (Phi) is 3.53. The fraction of sp³-hybridized carbons (Fsp3) is 0.100. The topological polar surface area (TPSA) is 26.0 Å². The second-order valence-corrected chi connectivity index (χ2v) is 4.56. The van der Waals surface area contributed by atoms with E-state index in [0.29, 0.717) is 16.8 Å². The maximum Gasteiger partial charge on any atom is 0.227 e. The van der Waals surface area contributed by atoms with Gasteiger partial charge in [-0.05, 0) is 24.3 Å². The number of nitrogens with zero attached hydrogens (tertiary/aromatic N) is 1. The summed E-state index contributed by atoms with van der Waals surface area (Å²) in [5.74, 6) is 0.932. The maximum absolute atomic E-state index is 5.79. The van der Waals surface area contributed by atoms with Gasteiger partial charge in [0, 0.05) is 33.2 Å². The van der Waals surface area contributed by atoms with E-state index in [1.165, 1.54) is 0 Å². The first-order valence-electron chi connectivity index (χ1n) is 4.18. The first-order chi connectivity index (χ1) is 7.20. The average molecular weight is 354 g/mol. The molecule has 0 N–H and O–H groups in total. The molecule has 1 heterocycles. The smallest absolute Gasteiger partial charge is 0.227 e. The maximum atomic E-state index is 5.79. The summed E-state index contributed by atoms with van der Waals surface area (Å²) in [5, 5.41) is 0.692. The Bertz CT molecular complexity index is 467. The first-order valence-corrected chi connectivity index (χ1v) is 6.17. The molecule has 0 atom stereocenters. The SMILES string of the molecule is ClCc1nc(-c2ccc(Cl)cc2)oc1I. The van der Waals surface area contributed by atoms with Crippen LogP contribution in [0.4, 0.5) is 0 Å². The molecule has 15 heavy (non-hydrogen) atoms. The van der Waals surface area contributed by atoms with Crippen molar-refractivity contribution in [1.29, 1.82) is 0 Å². The summed E-state index contributed by atoms with van der Waals surface area (Å²) in [6.45, 7) is 0. The Balaban J connectivity index is 2.41. The van der Waals surface area contributed by atoms with Gasteiger partial charge in [-0.3, -0.25) is 0 Å². The zero-order chi connectivity index (χ0) is 10.8. The standard InChI is InChI=1S/C10H6Cl2INO/c11-5-8-9(13)15-10(14-8)6-1-3-7(12)4-2-6/h1-4H,5H2. The molecule has 1 aromatic carbocycles. The summed E-state index contributed by atoms with van der Waals surface area (Å²) in [4.78, 5) is 4.28. The molecule has 0 aliphatic heterocycles. The van der Waals surface area contributed by atoms with Crippen LogP contribution in [-0.2, 0) is 5.88 Å². The van der Waals surface area contributed by atoms with E-state index in [0.717, 1.165) is 15.0 Å². The van der Waals surface area contributed by atoms with E-state index in [2.05, 4.69) is 27.6 Å². The van der Waals surface area contributed by atoms with Gasteiger partial charge in [-0.2, -0.15) is 0 Å². The van der Waals surface area contributed by atoms with Crippen molar-refractivity contribution in [1.82, 2.24) is 4.98 Å². The molecule has 5 heteroatoms. The number of oxazole rings is 1. The lowest BCUT2D eigenvalue weighted by Gasteiger charge is -1.94. The van der Waals surface area contributed by atoms with Crippen molar-refractivity contribution >= 4 is 45.8 Å². The highest BCUT2D eigenvalue weighted by atomic mass is 127. The van der Waals surface area contributed by atoms with Crippen LogP contribution >= 0.6 is 45.8 Å². The average Bonchev–Trinajstić information content (AvgIpc) is 2.61. The minimum atomic E-state index is 0.357. The molecule has 0 saturated carbocycles. The van der Waals surface area contributed by atoms with Gasteiger partial charge in [0.15, 0.2) is 3.77 Å². The minimum absolute atomic E-state index is 0.357. The molecule has 78 valence electrons. The molecule has 2 rings (SSSR count). The molecule has 0 aliphatic rings. The van der Waals surface area contributed by atoms with Crippen LogP contribution in [0.2, 0.25) is 5.02 Å². The predicted molar refractivity (Wildman–Crippen MR) is 69.2 cm³/mol. The van der Waals surface area contributed by atoms with Crippen LogP contribution in [0.25, 0.3) is 11.5 Å². The zero-order valence-corrected chi connectivity index (χ0v) is 11.2. The second-order valence-electron chi connectivity index (χ2n) is 2.88. The van der Waals surface area contributed by atoms with E-state index in [-0.39, 0.29) is 0 Å². The Morgan fingerprint density at radius 1 is 1.27 bits per heavy atom. The number of alkyl halides is 1. The summed E-state index contributed by atoms with van der Waals surface area (Å²) in [5.41, 5.74) is 1.66. The third-order valence-corrected chi connectivity index (χ3v) is 3.22. The monoisotopic (exact) mass is 353 g/mol. The molecule has 2 nitrogen and oxygen atoms in total. The zero-order valence-electron chi connectivity index (χ0n) is 7.51. The van der Waals surface area contributed by atoms with Crippen LogP contribution in [0.3, 0.4) is 0 Å². The minimum Gasteiger partial charge on any atom is -0.430 e. The van der Waals surface area contributed by atoms with Crippen molar-refractivity contribution in [3.8, 4) is 11.5 Å². The van der Waals surface area contributed by atoms with Crippen LogP contribution in [0.5, 0.6) is 0 Å². The van der Waals surface area contributed by atoms with Crippen molar-refractivity contribution in [2.24, 2.45) is 0 Å². The van der Waals surface area contributed by atoms with E-state index < -0.39 is 0 Å². The van der Waals surface area contributed by atoms with Gasteiger partial charge in [0.2, 0.25) is 5.89 Å². The molecule has 0 amide bonds. The number of benzene rings is 1. The fourth-order valence-corrected chi connectivity index (χ4v) is 2.18. The third kappa shape index (κ3) is 2.46. The van der Waals surface area contributed by atoms with E-state index >= 15 is 0 Å². The molecule has 0 radical (unpaired) electrons. The summed E-state index contributed by atoms with van der Waals surface area (Å²) < 4.78 is 6.21. The highest BCUT2D eigenvalue weighted by Gasteiger charge is 2.11. The van der Waals surface area contributed by atoms with Crippen LogP contribution < -0.4 is 0 Å². The molecule has 0 bridgehead atoms. The van der Waals surface area contributed by atoms with Crippen LogP contribution in [0, 0.1) is 3.77 Å². The van der Waals surface area contributed by atoms with Gasteiger partial charge in [-0.1, -0.05) is 11.6 Å². The number of hydrogen-bond acceptors (Lipinski definition) is 2. The predicted octanol–water partition coefficient (Wildman–Crippen LogP) is 4.34. The van der Waals surface area contributed by atoms with Crippen LogP contribution in [0.1, 0.15) is 5.69 Å². The van der Waals surface area contributed by atoms with Crippen LogP contribution in [-0.4, -0.2) is 4.98 Å². The van der Waals surface area contributed by atoms with Gasteiger partial charge in [-0.15, -0.1) is 11.6 Å². The lowest BCUT2D eigenvalue weighted by molar-refractivity contribution is 0.544. The molecule has 0 unspecified atom stereocenters. The van der Waals surface area contributed by atoms with Crippen molar-refractivity contribution in [2.45, 2.75) is 5.88 Å². The van der Waals surface area contributed by atoms with Crippen molar-refractivity contribution in [2.75, 3.05) is 0 Å². The van der Waals surface area contributed by atoms with Gasteiger partial charge < -0.3 is 4.42 Å². The molecule has 0 aliphatic carbocycles. The second kappa shape index (κ2) is 4.72. The van der Waals surface area contributed by atoms with Crippen molar-refractivity contribution in [3.63, 3.8) is 0 Å². The van der Waals surface area contributed by atoms with E-state index in [1.54, 1.807) is 12.1 Å². The lowest BCUT2D eigenvalue weighted by atomic mass is 10.2. The molecule has 0 spiro atoms. The summed E-state index contributed by atoms with van der Waals surface area (Å²) in [6.07, 6.45) is 0. The Morgan fingerprint density at radius 2 is 1.93 bits per heavy atom. The van der Waals surface area contributed by atoms with Gasteiger partial charge in [0.05, 0.1) is 5.88 Å². The summed E-state index contributed by atoms with van der Waals surface area (Å²) in [6, 6.07) is 7.33. The first kappa shape index (κ1) is 11.2. The Morgan fingerprint density at radius 3 is 2.47 bits per heavy atom. The number of hydrogen-bond donors (Lipinski definition) is 0. The van der Waals surface area contributed by atoms with E-state index in [1.807, 2.05) is 12.1 Å². The van der Waals surface area contributed by atoms with Crippen molar-refractivity contribution < 1.29 is 4.42 Å². The summed E-state index contributed by atoms with van der Waals surface area (Å²) in [7, 11) is 0. The number of aromatic nitrogens is 1. The van der Waals surface area contributed by atoms with Crippen LogP contribution in [0.15, 0.2) is 28.7 Å². The van der Waals surface area contributed by atoms with Gasteiger partial charge in [0.25, 0.3) is 0 Å². The molecule has 2 aromatic rings. The van der Waals surface area contributed by atoms with Gasteiger partial charge >= 0.3 is 0 Å². The molecular formula is C10H6Cl2INO. The fourth-order valence-electron chi connectivity index (χ4n) is 1.13. The van der Waals surface area contributed by atoms with Gasteiger partial charge in [0.1, 0.15) is 5.69 Å². The lowest BCUT2D eigenvalue weighted by Crippen LogP contribution is -1.80. The van der Waals surface area contributed by atoms with Crippen molar-refractivity contribution in [3.05, 3.63) is 38.7 Å². The molecule has 0 fully saturated rings. The normalized spacial score (nSPS) is 10.6. The highest BCUT2D eigenvalue weighted by Crippen LogP contribution is 2.25. The van der Waals surface area contributed by atoms with E-state index in [4.69, 9.17) is 27.6 Å². The quantitative estimate of drug-likeness (QED) is 0.593.